The minimum atomic E-state index is -2.95. The van der Waals surface area contributed by atoms with E-state index in [2.05, 4.69) is 22.8 Å². The molecule has 0 bridgehead atoms. The lowest BCUT2D eigenvalue weighted by Crippen LogP contribution is -2.59. The average Bonchev–Trinajstić information content (AvgIpc) is 3.28. The molecule has 6 heteroatoms. The maximum atomic E-state index is 12.4. The first-order valence-corrected chi connectivity index (χ1v) is 11.5. The summed E-state index contributed by atoms with van der Waals surface area (Å²) in [5.41, 5.74) is 2.10. The van der Waals surface area contributed by atoms with Crippen molar-refractivity contribution < 1.29 is 12.8 Å². The van der Waals surface area contributed by atoms with Crippen LogP contribution in [0.5, 0.6) is 0 Å². The van der Waals surface area contributed by atoms with E-state index in [0.29, 0.717) is 12.3 Å². The maximum absolute atomic E-state index is 12.4. The fourth-order valence-corrected chi connectivity index (χ4v) is 6.75. The van der Waals surface area contributed by atoms with Crippen LogP contribution < -0.4 is 0 Å². The normalized spacial score (nSPS) is 29.3. The van der Waals surface area contributed by atoms with Crippen molar-refractivity contribution in [3.05, 3.63) is 35.6 Å². The Morgan fingerprint density at radius 1 is 1.08 bits per heavy atom. The molecule has 1 aromatic heterocycles. The minimum Gasteiger partial charge on any atom is -0.459 e. The number of hydrogen-bond donors (Lipinski definition) is 0. The summed E-state index contributed by atoms with van der Waals surface area (Å²) in [4.78, 5) is 4.80. The van der Waals surface area contributed by atoms with Gasteiger partial charge >= 0.3 is 0 Å². The van der Waals surface area contributed by atoms with Gasteiger partial charge in [0.15, 0.2) is 9.84 Å². The molecule has 0 N–H and O–H groups in total. The Hall–Kier alpha value is -1.37. The predicted octanol–water partition coefficient (Wildman–Crippen LogP) is 2.43. The van der Waals surface area contributed by atoms with E-state index in [-0.39, 0.29) is 17.8 Å². The number of aryl methyl sites for hydroxylation is 1. The smallest absolute Gasteiger partial charge is 0.153 e. The summed E-state index contributed by atoms with van der Waals surface area (Å²) in [6.07, 6.45) is 2.62. The highest BCUT2D eigenvalue weighted by atomic mass is 32.2. The Labute approximate surface area is 154 Å². The van der Waals surface area contributed by atoms with Gasteiger partial charge in [0.2, 0.25) is 0 Å². The van der Waals surface area contributed by atoms with Gasteiger partial charge < -0.3 is 4.42 Å². The molecule has 3 aliphatic rings. The number of benzene rings is 1. The first-order chi connectivity index (χ1) is 12.5. The fraction of sp³-hybridized carbons (Fsp3) is 0.600. The van der Waals surface area contributed by atoms with E-state index in [0.717, 1.165) is 42.3 Å². The van der Waals surface area contributed by atoms with Crippen molar-refractivity contribution in [3.63, 3.8) is 0 Å². The van der Waals surface area contributed by atoms with Crippen LogP contribution in [0.15, 0.2) is 28.7 Å². The van der Waals surface area contributed by atoms with Gasteiger partial charge in [0.25, 0.3) is 0 Å². The second-order valence-electron chi connectivity index (χ2n) is 8.27. The third kappa shape index (κ3) is 2.98. The van der Waals surface area contributed by atoms with Crippen LogP contribution in [0.4, 0.5) is 0 Å². The van der Waals surface area contributed by atoms with E-state index in [9.17, 15) is 8.42 Å². The Morgan fingerprint density at radius 3 is 2.50 bits per heavy atom. The van der Waals surface area contributed by atoms with Crippen LogP contribution in [0.2, 0.25) is 0 Å². The zero-order valence-corrected chi connectivity index (χ0v) is 16.0. The van der Waals surface area contributed by atoms with Gasteiger partial charge in [0.1, 0.15) is 11.3 Å². The van der Waals surface area contributed by atoms with Crippen molar-refractivity contribution in [1.29, 1.82) is 0 Å². The molecule has 0 spiro atoms. The van der Waals surface area contributed by atoms with E-state index in [1.807, 2.05) is 18.2 Å². The second kappa shape index (κ2) is 6.08. The predicted molar refractivity (Wildman–Crippen MR) is 102 cm³/mol. The SMILES string of the molecule is Cc1c(CN2CCN(CC3CC3)[C@@H]3CS(=O)(=O)C[C@@H]32)oc2ccccc12. The second-order valence-corrected chi connectivity index (χ2v) is 10.4. The standard InChI is InChI=1S/C20H26N2O3S/c1-14-16-4-2-3-5-19(16)25-20(14)11-22-9-8-21(10-15-6-7-15)17-12-26(23,24)13-18(17)22/h2-5,15,17-18H,6-13H2,1H3/t17-,18+/m1/s1. The van der Waals surface area contributed by atoms with Gasteiger partial charge in [0.05, 0.1) is 18.1 Å². The van der Waals surface area contributed by atoms with Gasteiger partial charge in [-0.3, -0.25) is 9.80 Å². The molecule has 3 heterocycles. The quantitative estimate of drug-likeness (QED) is 0.823. The Kier molecular flexibility index (Phi) is 3.92. The van der Waals surface area contributed by atoms with Crippen LogP contribution in [0.3, 0.4) is 0 Å². The first kappa shape index (κ1) is 16.8. The molecular weight excluding hydrogens is 348 g/mol. The molecule has 0 unspecified atom stereocenters. The topological polar surface area (TPSA) is 53.8 Å². The summed E-state index contributed by atoms with van der Waals surface area (Å²) in [5.74, 6) is 2.38. The molecule has 2 aromatic rings. The van der Waals surface area contributed by atoms with E-state index in [4.69, 9.17) is 4.42 Å². The Bertz CT molecular complexity index is 932. The molecule has 1 saturated carbocycles. The minimum absolute atomic E-state index is 0.0973. The van der Waals surface area contributed by atoms with Crippen molar-refractivity contribution in [1.82, 2.24) is 9.80 Å². The number of nitrogens with zero attached hydrogens (tertiary/aromatic N) is 2. The lowest BCUT2D eigenvalue weighted by molar-refractivity contribution is 0.0340. The third-order valence-electron chi connectivity index (χ3n) is 6.38. The van der Waals surface area contributed by atoms with Gasteiger partial charge in [-0.05, 0) is 37.3 Å². The van der Waals surface area contributed by atoms with Crippen molar-refractivity contribution in [2.75, 3.05) is 31.1 Å². The van der Waals surface area contributed by atoms with E-state index >= 15 is 0 Å². The van der Waals surface area contributed by atoms with Gasteiger partial charge in [-0.25, -0.2) is 8.42 Å². The summed E-state index contributed by atoms with van der Waals surface area (Å²) >= 11 is 0. The van der Waals surface area contributed by atoms with Crippen molar-refractivity contribution >= 4 is 20.8 Å². The molecule has 2 atom stereocenters. The molecule has 26 heavy (non-hydrogen) atoms. The van der Waals surface area contributed by atoms with E-state index < -0.39 is 9.84 Å². The molecule has 2 saturated heterocycles. The molecule has 2 aliphatic heterocycles. The number of piperazine rings is 1. The largest absolute Gasteiger partial charge is 0.459 e. The number of fused-ring (bicyclic) bond motifs is 2. The molecule has 140 valence electrons. The maximum Gasteiger partial charge on any atom is 0.153 e. The third-order valence-corrected chi connectivity index (χ3v) is 8.08. The zero-order valence-electron chi connectivity index (χ0n) is 15.2. The molecule has 1 aromatic carbocycles. The highest BCUT2D eigenvalue weighted by Gasteiger charge is 2.47. The van der Waals surface area contributed by atoms with E-state index in [1.54, 1.807) is 0 Å². The highest BCUT2D eigenvalue weighted by Crippen LogP contribution is 2.35. The van der Waals surface area contributed by atoms with Gasteiger partial charge in [-0.1, -0.05) is 18.2 Å². The lowest BCUT2D eigenvalue weighted by atomic mass is 10.0. The lowest BCUT2D eigenvalue weighted by Gasteiger charge is -2.43. The summed E-state index contributed by atoms with van der Waals surface area (Å²) in [6.45, 7) is 5.77. The van der Waals surface area contributed by atoms with Crippen LogP contribution in [-0.2, 0) is 16.4 Å². The summed E-state index contributed by atoms with van der Waals surface area (Å²) < 4.78 is 30.8. The zero-order chi connectivity index (χ0) is 17.9. The van der Waals surface area contributed by atoms with Crippen LogP contribution >= 0.6 is 0 Å². The van der Waals surface area contributed by atoms with Gasteiger partial charge in [-0.15, -0.1) is 0 Å². The number of para-hydroxylation sites is 1. The van der Waals surface area contributed by atoms with E-state index in [1.165, 1.54) is 18.4 Å². The Balaban J connectivity index is 1.41. The number of hydrogen-bond acceptors (Lipinski definition) is 5. The van der Waals surface area contributed by atoms with Crippen LogP contribution in [0, 0.1) is 12.8 Å². The average molecular weight is 375 g/mol. The number of rotatable bonds is 4. The first-order valence-electron chi connectivity index (χ1n) is 9.66. The Morgan fingerprint density at radius 2 is 1.77 bits per heavy atom. The number of furan rings is 1. The molecule has 0 amide bonds. The molecule has 5 nitrogen and oxygen atoms in total. The molecular formula is C20H26N2O3S. The number of sulfone groups is 1. The van der Waals surface area contributed by atoms with Crippen molar-refractivity contribution in [2.45, 2.75) is 38.4 Å². The van der Waals surface area contributed by atoms with Crippen LogP contribution in [0.25, 0.3) is 11.0 Å². The van der Waals surface area contributed by atoms with Crippen LogP contribution in [-0.4, -0.2) is 61.4 Å². The highest BCUT2D eigenvalue weighted by molar-refractivity contribution is 7.91. The summed E-state index contributed by atoms with van der Waals surface area (Å²) in [6, 6.07) is 8.37. The summed E-state index contributed by atoms with van der Waals surface area (Å²) in [7, 11) is -2.95. The van der Waals surface area contributed by atoms with Crippen molar-refractivity contribution in [3.8, 4) is 0 Å². The molecule has 1 aliphatic carbocycles. The van der Waals surface area contributed by atoms with Gasteiger partial charge in [-0.2, -0.15) is 0 Å². The fourth-order valence-electron chi connectivity index (χ4n) is 4.71. The molecule has 0 radical (unpaired) electrons. The van der Waals surface area contributed by atoms with Crippen molar-refractivity contribution in [2.24, 2.45) is 5.92 Å². The van der Waals surface area contributed by atoms with Gasteiger partial charge in [0, 0.05) is 37.1 Å². The monoisotopic (exact) mass is 374 g/mol. The van der Waals surface area contributed by atoms with Crippen LogP contribution in [0.1, 0.15) is 24.2 Å². The molecule has 3 fully saturated rings. The molecule has 5 rings (SSSR count). The summed E-state index contributed by atoms with van der Waals surface area (Å²) in [5, 5.41) is 1.16.